The Morgan fingerprint density at radius 3 is 1.92 bits per heavy atom. The second-order valence-corrected chi connectivity index (χ2v) is 8.76. The molecule has 0 bridgehead atoms. The fourth-order valence-electron chi connectivity index (χ4n) is 4.20. The number of unbranched alkanes of at least 4 members (excludes halogenated alkanes) is 2. The Labute approximate surface area is 157 Å². The standard InChI is InChI=1S/C21H36O5/c22-17-26-16-15-21(13-14-21)9-4-2-6-18(23)5-1-3-8-20(11-12-20)10-7-19(24)25/h17-18,23H,1-16H2,(H,24,25). The zero-order chi connectivity index (χ0) is 18.9. The quantitative estimate of drug-likeness (QED) is 0.293. The number of rotatable bonds is 17. The summed E-state index contributed by atoms with van der Waals surface area (Å²) < 4.78 is 4.81. The monoisotopic (exact) mass is 368 g/mol. The molecule has 2 saturated carbocycles. The summed E-state index contributed by atoms with van der Waals surface area (Å²) in [5, 5.41) is 19.0. The number of aliphatic hydroxyl groups is 1. The molecule has 2 rings (SSSR count). The molecule has 2 N–H and O–H groups in total. The maximum Gasteiger partial charge on any atom is 0.303 e. The number of aliphatic hydroxyl groups excluding tert-OH is 1. The van der Waals surface area contributed by atoms with E-state index in [1.54, 1.807) is 0 Å². The summed E-state index contributed by atoms with van der Waals surface area (Å²) in [6.45, 7) is 1.07. The van der Waals surface area contributed by atoms with E-state index in [1.807, 2.05) is 0 Å². The Balaban J connectivity index is 1.44. The SMILES string of the molecule is O=COCCC1(CCCCC(O)CCCCC2(CCC(=O)O)CC2)CC1. The lowest BCUT2D eigenvalue weighted by Crippen LogP contribution is -2.09. The van der Waals surface area contributed by atoms with Crippen molar-refractivity contribution in [3.8, 4) is 0 Å². The lowest BCUT2D eigenvalue weighted by atomic mass is 9.92. The Bertz CT molecular complexity index is 440. The molecule has 1 atom stereocenters. The summed E-state index contributed by atoms with van der Waals surface area (Å²) in [5.41, 5.74) is 0.734. The van der Waals surface area contributed by atoms with Crippen LogP contribution in [-0.4, -0.2) is 35.4 Å². The first kappa shape index (κ1) is 21.2. The van der Waals surface area contributed by atoms with E-state index in [-0.39, 0.29) is 6.10 Å². The Morgan fingerprint density at radius 1 is 0.923 bits per heavy atom. The van der Waals surface area contributed by atoms with Crippen LogP contribution in [0.4, 0.5) is 0 Å². The molecule has 150 valence electrons. The maximum absolute atomic E-state index is 10.7. The van der Waals surface area contributed by atoms with Crippen molar-refractivity contribution in [2.24, 2.45) is 10.8 Å². The fraction of sp³-hybridized carbons (Fsp3) is 0.905. The average molecular weight is 369 g/mol. The van der Waals surface area contributed by atoms with Gasteiger partial charge < -0.3 is 14.9 Å². The van der Waals surface area contributed by atoms with Crippen LogP contribution in [0.25, 0.3) is 0 Å². The van der Waals surface area contributed by atoms with Gasteiger partial charge in [0, 0.05) is 6.42 Å². The predicted octanol–water partition coefficient (Wildman–Crippen LogP) is 4.46. The van der Waals surface area contributed by atoms with Crippen molar-refractivity contribution in [1.82, 2.24) is 0 Å². The lowest BCUT2D eigenvalue weighted by Gasteiger charge is -2.16. The van der Waals surface area contributed by atoms with E-state index in [2.05, 4.69) is 0 Å². The molecule has 0 radical (unpaired) electrons. The predicted molar refractivity (Wildman–Crippen MR) is 99.8 cm³/mol. The molecule has 5 heteroatoms. The summed E-state index contributed by atoms with van der Waals surface area (Å²) >= 11 is 0. The largest absolute Gasteiger partial charge is 0.481 e. The highest BCUT2D eigenvalue weighted by Gasteiger charge is 2.42. The van der Waals surface area contributed by atoms with Crippen molar-refractivity contribution < 1.29 is 24.5 Å². The Hall–Kier alpha value is -1.10. The van der Waals surface area contributed by atoms with Crippen molar-refractivity contribution in [2.45, 2.75) is 102 Å². The topological polar surface area (TPSA) is 83.8 Å². The van der Waals surface area contributed by atoms with Crippen molar-refractivity contribution in [2.75, 3.05) is 6.61 Å². The number of carboxylic acid groups (broad SMARTS) is 1. The molecule has 0 saturated heterocycles. The molecule has 0 aromatic heterocycles. The molecule has 1 unspecified atom stereocenters. The van der Waals surface area contributed by atoms with Gasteiger partial charge in [0.1, 0.15) is 0 Å². The highest BCUT2D eigenvalue weighted by Crippen LogP contribution is 2.54. The first-order chi connectivity index (χ1) is 12.5. The number of carboxylic acids is 1. The molecule has 5 nitrogen and oxygen atoms in total. The van der Waals surface area contributed by atoms with Crippen LogP contribution in [0.5, 0.6) is 0 Å². The molecule has 2 aliphatic rings. The van der Waals surface area contributed by atoms with Gasteiger partial charge >= 0.3 is 5.97 Å². The van der Waals surface area contributed by atoms with Crippen molar-refractivity contribution in [3.05, 3.63) is 0 Å². The summed E-state index contributed by atoms with van der Waals surface area (Å²) in [5.74, 6) is -0.684. The molecular weight excluding hydrogens is 332 g/mol. The van der Waals surface area contributed by atoms with Gasteiger partial charge in [-0.25, -0.2) is 0 Å². The summed E-state index contributed by atoms with van der Waals surface area (Å²) in [7, 11) is 0. The Kier molecular flexibility index (Phi) is 8.39. The minimum Gasteiger partial charge on any atom is -0.481 e. The van der Waals surface area contributed by atoms with Crippen LogP contribution in [0.2, 0.25) is 0 Å². The van der Waals surface area contributed by atoms with Gasteiger partial charge in [-0.2, -0.15) is 0 Å². The highest BCUT2D eigenvalue weighted by atomic mass is 16.5. The van der Waals surface area contributed by atoms with Crippen LogP contribution in [0, 0.1) is 10.8 Å². The third-order valence-electron chi connectivity index (χ3n) is 6.59. The second kappa shape index (κ2) is 10.3. The third-order valence-corrected chi connectivity index (χ3v) is 6.59. The van der Waals surface area contributed by atoms with Crippen LogP contribution in [0.3, 0.4) is 0 Å². The van der Waals surface area contributed by atoms with Gasteiger partial charge in [-0.3, -0.25) is 9.59 Å². The van der Waals surface area contributed by atoms with Crippen LogP contribution in [0.1, 0.15) is 96.3 Å². The molecular formula is C21H36O5. The summed E-state index contributed by atoms with van der Waals surface area (Å²) in [4.78, 5) is 20.9. The number of carbonyl (C=O) groups excluding carboxylic acids is 1. The molecule has 0 aromatic rings. The molecule has 26 heavy (non-hydrogen) atoms. The number of ether oxygens (including phenoxy) is 1. The minimum absolute atomic E-state index is 0.197. The average Bonchev–Trinajstić information content (AvgIpc) is 3.52. The molecule has 0 aliphatic heterocycles. The number of hydrogen-bond donors (Lipinski definition) is 2. The first-order valence-electron chi connectivity index (χ1n) is 10.4. The highest BCUT2D eigenvalue weighted by molar-refractivity contribution is 5.66. The van der Waals surface area contributed by atoms with Gasteiger partial charge in [0.15, 0.2) is 0 Å². The van der Waals surface area contributed by atoms with E-state index in [0.29, 0.717) is 30.3 Å². The van der Waals surface area contributed by atoms with Crippen LogP contribution in [-0.2, 0) is 14.3 Å². The number of carbonyl (C=O) groups is 2. The van der Waals surface area contributed by atoms with Gasteiger partial charge in [0.2, 0.25) is 0 Å². The fourth-order valence-corrected chi connectivity index (χ4v) is 4.20. The molecule has 0 spiro atoms. The van der Waals surface area contributed by atoms with Crippen LogP contribution < -0.4 is 0 Å². The summed E-state index contributed by atoms with van der Waals surface area (Å²) in [6.07, 6.45) is 15.2. The van der Waals surface area contributed by atoms with Gasteiger partial charge in [0.25, 0.3) is 6.47 Å². The van der Waals surface area contributed by atoms with Gasteiger partial charge in [-0.1, -0.05) is 25.7 Å². The van der Waals surface area contributed by atoms with Gasteiger partial charge in [-0.15, -0.1) is 0 Å². The minimum atomic E-state index is -0.684. The molecule has 0 heterocycles. The third kappa shape index (κ3) is 8.07. The van der Waals surface area contributed by atoms with Crippen molar-refractivity contribution in [1.29, 1.82) is 0 Å². The van der Waals surface area contributed by atoms with Crippen molar-refractivity contribution >= 4 is 12.4 Å². The zero-order valence-corrected chi connectivity index (χ0v) is 16.1. The van der Waals surface area contributed by atoms with Crippen molar-refractivity contribution in [3.63, 3.8) is 0 Å². The Morgan fingerprint density at radius 2 is 1.46 bits per heavy atom. The number of hydrogen-bond acceptors (Lipinski definition) is 4. The maximum atomic E-state index is 10.7. The normalized spacial score (nSPS) is 20.3. The zero-order valence-electron chi connectivity index (χ0n) is 16.1. The van der Waals surface area contributed by atoms with Crippen LogP contribution >= 0.6 is 0 Å². The summed E-state index contributed by atoms with van der Waals surface area (Å²) in [6, 6.07) is 0. The van der Waals surface area contributed by atoms with E-state index in [0.717, 1.165) is 57.8 Å². The lowest BCUT2D eigenvalue weighted by molar-refractivity contribution is -0.137. The van der Waals surface area contributed by atoms with E-state index in [9.17, 15) is 14.7 Å². The molecule has 2 fully saturated rings. The second-order valence-electron chi connectivity index (χ2n) is 8.76. The van der Waals surface area contributed by atoms with Crippen LogP contribution in [0.15, 0.2) is 0 Å². The van der Waals surface area contributed by atoms with Gasteiger partial charge in [-0.05, 0) is 75.0 Å². The van der Waals surface area contributed by atoms with E-state index in [4.69, 9.17) is 9.84 Å². The van der Waals surface area contributed by atoms with Gasteiger partial charge in [0.05, 0.1) is 12.7 Å². The molecule has 0 aromatic carbocycles. The number of aliphatic carboxylic acids is 1. The first-order valence-corrected chi connectivity index (χ1v) is 10.4. The van der Waals surface area contributed by atoms with E-state index in [1.165, 1.54) is 32.1 Å². The molecule has 2 aliphatic carbocycles. The molecule has 0 amide bonds. The van der Waals surface area contributed by atoms with E-state index >= 15 is 0 Å². The van der Waals surface area contributed by atoms with E-state index < -0.39 is 5.97 Å². The smallest absolute Gasteiger partial charge is 0.303 e.